The van der Waals surface area contributed by atoms with Crippen LogP contribution in [-0.2, 0) is 9.59 Å². The lowest BCUT2D eigenvalue weighted by Gasteiger charge is -2.14. The molecule has 0 radical (unpaired) electrons. The number of nitrogens with one attached hydrogen (secondary N) is 2. The smallest absolute Gasteiger partial charge is 0.266 e. The molecule has 3 aromatic carbocycles. The summed E-state index contributed by atoms with van der Waals surface area (Å²) in [7, 11) is 1.39. The minimum atomic E-state index is -0.648. The number of hydrogen-bond donors (Lipinski definition) is 3. The number of phenolic OH excluding ortho intramolecular Hbond substituents is 1. The summed E-state index contributed by atoms with van der Waals surface area (Å²) < 4.78 is 10.9. The van der Waals surface area contributed by atoms with Crippen molar-refractivity contribution in [1.29, 1.82) is 5.26 Å². The molecule has 0 atom stereocenters. The van der Waals surface area contributed by atoms with Gasteiger partial charge in [0.2, 0.25) is 0 Å². The van der Waals surface area contributed by atoms with Gasteiger partial charge in [-0.1, -0.05) is 35.3 Å². The Morgan fingerprint density at radius 1 is 1.06 bits per heavy atom. The summed E-state index contributed by atoms with van der Waals surface area (Å²) in [5, 5.41) is 24.5. The molecule has 3 N–H and O–H groups in total. The first-order valence-corrected chi connectivity index (χ1v) is 10.8. The number of rotatable bonds is 8. The third-order valence-electron chi connectivity index (χ3n) is 4.55. The second kappa shape index (κ2) is 11.8. The molecule has 0 saturated carbocycles. The zero-order valence-corrected chi connectivity index (χ0v) is 19.9. The van der Waals surface area contributed by atoms with Gasteiger partial charge in [-0.3, -0.25) is 9.59 Å². The largest absolute Gasteiger partial charge is 0.508 e. The van der Waals surface area contributed by atoms with E-state index in [1.165, 1.54) is 49.6 Å². The van der Waals surface area contributed by atoms with E-state index in [-0.39, 0.29) is 34.5 Å². The number of nitrogens with zero attached hydrogens (tertiary/aromatic N) is 1. The van der Waals surface area contributed by atoms with Crippen molar-refractivity contribution >= 4 is 52.5 Å². The molecule has 0 unspecified atom stereocenters. The number of amides is 2. The monoisotopic (exact) mass is 511 g/mol. The highest BCUT2D eigenvalue weighted by atomic mass is 35.5. The van der Waals surface area contributed by atoms with Crippen molar-refractivity contribution in [3.8, 4) is 23.3 Å². The lowest BCUT2D eigenvalue weighted by atomic mass is 10.1. The van der Waals surface area contributed by atoms with Crippen LogP contribution in [0.5, 0.6) is 17.2 Å². The molecule has 0 aliphatic heterocycles. The highest BCUT2D eigenvalue weighted by Gasteiger charge is 2.16. The maximum Gasteiger partial charge on any atom is 0.266 e. The van der Waals surface area contributed by atoms with Crippen LogP contribution >= 0.6 is 23.2 Å². The molecule has 35 heavy (non-hydrogen) atoms. The van der Waals surface area contributed by atoms with Gasteiger partial charge in [-0.15, -0.1) is 0 Å². The van der Waals surface area contributed by atoms with Crippen molar-refractivity contribution in [1.82, 2.24) is 0 Å². The molecule has 3 aromatic rings. The van der Waals surface area contributed by atoms with Gasteiger partial charge in [0.15, 0.2) is 18.1 Å². The first-order chi connectivity index (χ1) is 16.8. The molecule has 3 rings (SSSR count). The molecule has 0 aliphatic carbocycles. The average Bonchev–Trinajstić information content (AvgIpc) is 2.84. The maximum atomic E-state index is 12.5. The highest BCUT2D eigenvalue weighted by molar-refractivity contribution is 6.33. The predicted molar refractivity (Wildman–Crippen MR) is 134 cm³/mol. The Balaban J connectivity index is 1.74. The fourth-order valence-electron chi connectivity index (χ4n) is 2.91. The number of carbonyl (C=O) groups is 2. The molecule has 0 aliphatic rings. The fourth-order valence-corrected chi connectivity index (χ4v) is 3.36. The first kappa shape index (κ1) is 25.4. The summed E-state index contributed by atoms with van der Waals surface area (Å²) >= 11 is 12.4. The minimum Gasteiger partial charge on any atom is -0.508 e. The number of ether oxygens (including phenoxy) is 2. The van der Waals surface area contributed by atoms with Gasteiger partial charge in [0, 0.05) is 5.69 Å². The van der Waals surface area contributed by atoms with Gasteiger partial charge in [0.1, 0.15) is 17.4 Å². The van der Waals surface area contributed by atoms with Gasteiger partial charge < -0.3 is 25.2 Å². The molecule has 10 heteroatoms. The highest BCUT2D eigenvalue weighted by Crippen LogP contribution is 2.37. The molecular formula is C25H19Cl2N3O5. The number of carbonyl (C=O) groups excluding carboxylic acids is 2. The maximum absolute atomic E-state index is 12.5. The summed E-state index contributed by atoms with van der Waals surface area (Å²) in [4.78, 5) is 24.7. The topological polar surface area (TPSA) is 121 Å². The lowest BCUT2D eigenvalue weighted by Crippen LogP contribution is -2.20. The van der Waals surface area contributed by atoms with E-state index < -0.39 is 11.8 Å². The van der Waals surface area contributed by atoms with Crippen LogP contribution in [0, 0.1) is 11.3 Å². The van der Waals surface area contributed by atoms with Crippen LogP contribution < -0.4 is 20.1 Å². The lowest BCUT2D eigenvalue weighted by molar-refractivity contribution is -0.118. The van der Waals surface area contributed by atoms with Crippen molar-refractivity contribution in [2.75, 3.05) is 24.4 Å². The second-order valence-corrected chi connectivity index (χ2v) is 7.84. The van der Waals surface area contributed by atoms with Gasteiger partial charge in [-0.25, -0.2) is 0 Å². The molecular weight excluding hydrogens is 493 g/mol. The molecule has 0 heterocycles. The van der Waals surface area contributed by atoms with Crippen LogP contribution in [0.4, 0.5) is 11.4 Å². The van der Waals surface area contributed by atoms with Crippen LogP contribution in [0.15, 0.2) is 66.2 Å². The zero-order chi connectivity index (χ0) is 25.4. The summed E-state index contributed by atoms with van der Waals surface area (Å²) in [6.45, 7) is -0.366. The quantitative estimate of drug-likeness (QED) is 0.215. The average molecular weight is 512 g/mol. The van der Waals surface area contributed by atoms with Crippen LogP contribution in [0.3, 0.4) is 0 Å². The fraction of sp³-hybridized carbons (Fsp3) is 0.0800. The first-order valence-electron chi connectivity index (χ1n) is 10.1. The Labute approximate surface area is 211 Å². The number of benzene rings is 3. The van der Waals surface area contributed by atoms with Crippen molar-refractivity contribution in [3.05, 3.63) is 81.8 Å². The minimum absolute atomic E-state index is 0.0458. The standard InChI is InChI=1S/C25H19Cl2N3O5/c1-34-22-12-15(10-16(13-28)25(33)29-17-6-8-18(31)9-7-17)11-20(27)24(22)35-14-23(32)30-21-5-3-2-4-19(21)26/h2-12,31H,14H2,1H3,(H,29,33)(H,30,32)/b16-10+. The predicted octanol–water partition coefficient (Wildman–Crippen LogP) is 5.27. The number of aromatic hydroxyl groups is 1. The van der Waals surface area contributed by atoms with Crippen LogP contribution in [0.1, 0.15) is 5.56 Å². The molecule has 0 saturated heterocycles. The van der Waals surface area contributed by atoms with Crippen molar-refractivity contribution in [2.45, 2.75) is 0 Å². The van der Waals surface area contributed by atoms with Gasteiger partial charge in [-0.05, 0) is 60.2 Å². The van der Waals surface area contributed by atoms with E-state index in [1.54, 1.807) is 24.3 Å². The van der Waals surface area contributed by atoms with Crippen LogP contribution in [-0.4, -0.2) is 30.6 Å². The van der Waals surface area contributed by atoms with E-state index >= 15 is 0 Å². The molecule has 178 valence electrons. The Bertz CT molecular complexity index is 1320. The Hall–Kier alpha value is -4.19. The van der Waals surface area contributed by atoms with Gasteiger partial charge in [0.25, 0.3) is 11.8 Å². The normalized spacial score (nSPS) is 10.7. The molecule has 0 bridgehead atoms. The Morgan fingerprint density at radius 3 is 2.43 bits per heavy atom. The van der Waals surface area contributed by atoms with E-state index in [0.29, 0.717) is 22.0 Å². The van der Waals surface area contributed by atoms with E-state index in [4.69, 9.17) is 32.7 Å². The Morgan fingerprint density at radius 2 is 1.77 bits per heavy atom. The third-order valence-corrected chi connectivity index (χ3v) is 5.16. The summed E-state index contributed by atoms with van der Waals surface area (Å²) in [5.74, 6) is -0.745. The summed E-state index contributed by atoms with van der Waals surface area (Å²) in [6.07, 6.45) is 1.33. The van der Waals surface area contributed by atoms with E-state index in [0.717, 1.165) is 0 Å². The van der Waals surface area contributed by atoms with Gasteiger partial charge >= 0.3 is 0 Å². The number of anilines is 2. The van der Waals surface area contributed by atoms with E-state index in [2.05, 4.69) is 10.6 Å². The van der Waals surface area contributed by atoms with Crippen molar-refractivity contribution in [3.63, 3.8) is 0 Å². The SMILES string of the molecule is COc1cc(/C=C(\C#N)C(=O)Nc2ccc(O)cc2)cc(Cl)c1OCC(=O)Nc1ccccc1Cl. The Kier molecular flexibility index (Phi) is 8.57. The van der Waals surface area contributed by atoms with E-state index in [1.807, 2.05) is 6.07 Å². The molecule has 0 aromatic heterocycles. The van der Waals surface area contributed by atoms with Crippen LogP contribution in [0.2, 0.25) is 10.0 Å². The number of hydrogen-bond acceptors (Lipinski definition) is 6. The van der Waals surface area contributed by atoms with Gasteiger partial charge in [0.05, 0.1) is 22.8 Å². The molecule has 0 fully saturated rings. The number of nitriles is 1. The number of para-hydroxylation sites is 1. The van der Waals surface area contributed by atoms with Gasteiger partial charge in [-0.2, -0.15) is 5.26 Å². The van der Waals surface area contributed by atoms with Crippen LogP contribution in [0.25, 0.3) is 6.08 Å². The number of halogens is 2. The number of phenols is 1. The molecule has 2 amide bonds. The third kappa shape index (κ3) is 6.90. The van der Waals surface area contributed by atoms with E-state index in [9.17, 15) is 20.0 Å². The van der Waals surface area contributed by atoms with Crippen molar-refractivity contribution in [2.24, 2.45) is 0 Å². The summed E-state index contributed by atoms with van der Waals surface area (Å²) in [6, 6.07) is 17.4. The van der Waals surface area contributed by atoms with Crippen molar-refractivity contribution < 1.29 is 24.2 Å². The number of methoxy groups -OCH3 is 1. The second-order valence-electron chi connectivity index (χ2n) is 7.02. The molecule has 8 nitrogen and oxygen atoms in total. The zero-order valence-electron chi connectivity index (χ0n) is 18.3. The molecule has 0 spiro atoms. The summed E-state index contributed by atoms with van der Waals surface area (Å²) in [5.41, 5.74) is 1.06.